The molecular formula is C29H38. The van der Waals surface area contributed by atoms with E-state index in [0.717, 1.165) is 0 Å². The van der Waals surface area contributed by atoms with Crippen LogP contribution in [-0.2, 0) is 0 Å². The Morgan fingerprint density at radius 3 is 2.03 bits per heavy atom. The minimum atomic E-state index is 0.171. The summed E-state index contributed by atoms with van der Waals surface area (Å²) >= 11 is 0. The van der Waals surface area contributed by atoms with Gasteiger partial charge in [-0.1, -0.05) is 116 Å². The highest BCUT2D eigenvalue weighted by Gasteiger charge is 2.76. The lowest BCUT2D eigenvalue weighted by Gasteiger charge is -2.71. The molecule has 4 aliphatic carbocycles. The van der Waals surface area contributed by atoms with Gasteiger partial charge in [-0.2, -0.15) is 0 Å². The molecule has 29 heavy (non-hydrogen) atoms. The minimum absolute atomic E-state index is 0.171. The molecule has 0 radical (unpaired) electrons. The predicted molar refractivity (Wildman–Crippen MR) is 125 cm³/mol. The van der Waals surface area contributed by atoms with E-state index >= 15 is 0 Å². The van der Waals surface area contributed by atoms with Crippen LogP contribution in [0.15, 0.2) is 54.1 Å². The molecule has 0 bridgehead atoms. The molecule has 2 saturated carbocycles. The van der Waals surface area contributed by atoms with Crippen LogP contribution in [0.25, 0.3) is 6.08 Å². The van der Waals surface area contributed by atoms with Gasteiger partial charge in [0.15, 0.2) is 0 Å². The van der Waals surface area contributed by atoms with E-state index in [1.54, 1.807) is 11.1 Å². The van der Waals surface area contributed by atoms with Crippen molar-refractivity contribution >= 4 is 6.08 Å². The first-order chi connectivity index (χ1) is 13.5. The van der Waals surface area contributed by atoms with Crippen molar-refractivity contribution in [1.29, 1.82) is 0 Å². The Balaban J connectivity index is 1.80. The standard InChI is InChI=1S/C29H38/c1-19-24-14-10-9-13-22(24)17-23-18-27(6)20(2)25(4)15-11-12-16-26(25,5)21(3)29(27,8)28(19,23)7/h9-17,19-21H,18H2,1-8H3. The number of hydrogen-bond donors (Lipinski definition) is 0. The van der Waals surface area contributed by atoms with Gasteiger partial charge in [-0.3, -0.25) is 0 Å². The molecule has 0 nitrogen and oxygen atoms in total. The molecule has 8 atom stereocenters. The lowest BCUT2D eigenvalue weighted by molar-refractivity contribution is -0.205. The van der Waals surface area contributed by atoms with Gasteiger partial charge in [0.05, 0.1) is 0 Å². The second-order valence-corrected chi connectivity index (χ2v) is 11.7. The highest BCUT2D eigenvalue weighted by Crippen LogP contribution is 2.83. The van der Waals surface area contributed by atoms with Crippen molar-refractivity contribution in [2.75, 3.05) is 0 Å². The monoisotopic (exact) mass is 386 g/mol. The summed E-state index contributed by atoms with van der Waals surface area (Å²) in [7, 11) is 0. The van der Waals surface area contributed by atoms with E-state index in [1.165, 1.54) is 12.0 Å². The fraction of sp³-hybridized carbons (Fsp3) is 0.586. The quantitative estimate of drug-likeness (QED) is 0.423. The van der Waals surface area contributed by atoms with Crippen LogP contribution < -0.4 is 0 Å². The van der Waals surface area contributed by atoms with Crippen LogP contribution in [-0.4, -0.2) is 0 Å². The van der Waals surface area contributed by atoms with Crippen molar-refractivity contribution in [2.24, 2.45) is 38.9 Å². The third-order valence-electron chi connectivity index (χ3n) is 11.9. The molecule has 8 unspecified atom stereocenters. The lowest BCUT2D eigenvalue weighted by atomic mass is 9.32. The van der Waals surface area contributed by atoms with Crippen LogP contribution in [0.5, 0.6) is 0 Å². The summed E-state index contributed by atoms with van der Waals surface area (Å²) in [5.41, 5.74) is 5.74. The zero-order valence-corrected chi connectivity index (χ0v) is 19.6. The van der Waals surface area contributed by atoms with Crippen molar-refractivity contribution < 1.29 is 0 Å². The van der Waals surface area contributed by atoms with E-state index in [9.17, 15) is 0 Å². The fourth-order valence-electron chi connectivity index (χ4n) is 9.05. The normalized spacial score (nSPS) is 52.3. The largest absolute Gasteiger partial charge is 0.0774 e. The van der Waals surface area contributed by atoms with Gasteiger partial charge in [0.25, 0.3) is 0 Å². The van der Waals surface area contributed by atoms with Crippen LogP contribution in [0.1, 0.15) is 78.9 Å². The third-order valence-corrected chi connectivity index (χ3v) is 11.9. The first kappa shape index (κ1) is 19.4. The second-order valence-electron chi connectivity index (χ2n) is 11.7. The van der Waals surface area contributed by atoms with Gasteiger partial charge in [0.1, 0.15) is 0 Å². The van der Waals surface area contributed by atoms with Crippen molar-refractivity contribution in [2.45, 2.75) is 67.7 Å². The van der Waals surface area contributed by atoms with Crippen LogP contribution in [0.2, 0.25) is 0 Å². The first-order valence-electron chi connectivity index (χ1n) is 11.7. The summed E-state index contributed by atoms with van der Waals surface area (Å²) in [4.78, 5) is 0. The van der Waals surface area contributed by atoms with E-state index in [2.05, 4.69) is 110 Å². The Labute approximate surface area is 178 Å². The molecule has 0 aromatic heterocycles. The van der Waals surface area contributed by atoms with E-state index in [4.69, 9.17) is 0 Å². The zero-order valence-electron chi connectivity index (χ0n) is 19.6. The Bertz CT molecular complexity index is 978. The fourth-order valence-corrected chi connectivity index (χ4v) is 9.05. The summed E-state index contributed by atoms with van der Waals surface area (Å²) in [6.07, 6.45) is 13.5. The molecule has 2 fully saturated rings. The summed E-state index contributed by atoms with van der Waals surface area (Å²) in [6.45, 7) is 20.6. The number of hydrogen-bond acceptors (Lipinski definition) is 0. The third kappa shape index (κ3) is 1.77. The van der Waals surface area contributed by atoms with Gasteiger partial charge < -0.3 is 0 Å². The van der Waals surface area contributed by atoms with Crippen molar-refractivity contribution in [3.63, 3.8) is 0 Å². The molecule has 0 heteroatoms. The summed E-state index contributed by atoms with van der Waals surface area (Å²) in [5.74, 6) is 1.74. The van der Waals surface area contributed by atoms with Crippen molar-refractivity contribution in [3.05, 3.63) is 65.3 Å². The minimum Gasteiger partial charge on any atom is -0.0774 e. The molecule has 0 amide bonds. The van der Waals surface area contributed by atoms with Gasteiger partial charge in [0, 0.05) is 5.41 Å². The molecule has 4 aliphatic rings. The number of fused-ring (bicyclic) bond motifs is 5. The number of benzene rings is 1. The molecular weight excluding hydrogens is 348 g/mol. The molecule has 1 aromatic carbocycles. The predicted octanol–water partition coefficient (Wildman–Crippen LogP) is 8.03. The van der Waals surface area contributed by atoms with Gasteiger partial charge in [-0.25, -0.2) is 0 Å². The van der Waals surface area contributed by atoms with Gasteiger partial charge in [-0.05, 0) is 57.0 Å². The Hall–Kier alpha value is -1.56. The van der Waals surface area contributed by atoms with E-state index in [-0.39, 0.29) is 27.1 Å². The molecule has 154 valence electrons. The van der Waals surface area contributed by atoms with Gasteiger partial charge >= 0.3 is 0 Å². The summed E-state index contributed by atoms with van der Waals surface area (Å²) in [5, 5.41) is 0. The summed E-state index contributed by atoms with van der Waals surface area (Å²) in [6, 6.07) is 9.14. The topological polar surface area (TPSA) is 0 Å². The average molecular weight is 387 g/mol. The molecule has 0 spiro atoms. The maximum Gasteiger partial charge on any atom is 0.00154 e. The smallest absolute Gasteiger partial charge is 0.00154 e. The second kappa shape index (κ2) is 5.37. The highest BCUT2D eigenvalue weighted by atomic mass is 14.8. The van der Waals surface area contributed by atoms with Gasteiger partial charge in [0.2, 0.25) is 0 Å². The molecule has 0 saturated heterocycles. The first-order valence-corrected chi connectivity index (χ1v) is 11.7. The van der Waals surface area contributed by atoms with E-state index in [0.29, 0.717) is 17.8 Å². The molecule has 1 aromatic rings. The Morgan fingerprint density at radius 2 is 1.38 bits per heavy atom. The maximum absolute atomic E-state index is 2.66. The SMILES string of the molecule is CC1C2(C)C=CC=CC2(C)C(C)C2(C)C1(C)CC1=Cc3ccccc3C(C)C12C. The molecule has 0 aliphatic heterocycles. The molecule has 5 rings (SSSR count). The van der Waals surface area contributed by atoms with Crippen LogP contribution >= 0.6 is 0 Å². The van der Waals surface area contributed by atoms with Crippen molar-refractivity contribution in [1.82, 2.24) is 0 Å². The number of allylic oxidation sites excluding steroid dienone is 5. The molecule has 0 N–H and O–H groups in total. The summed E-state index contributed by atoms with van der Waals surface area (Å²) < 4.78 is 0. The van der Waals surface area contributed by atoms with Crippen LogP contribution in [0.4, 0.5) is 0 Å². The lowest BCUT2D eigenvalue weighted by Crippen LogP contribution is -2.66. The highest BCUT2D eigenvalue weighted by molar-refractivity contribution is 5.66. The van der Waals surface area contributed by atoms with E-state index < -0.39 is 0 Å². The number of rotatable bonds is 0. The van der Waals surface area contributed by atoms with Crippen molar-refractivity contribution in [3.8, 4) is 0 Å². The van der Waals surface area contributed by atoms with Gasteiger partial charge in [-0.15, -0.1) is 0 Å². The molecule has 0 heterocycles. The van der Waals surface area contributed by atoms with Crippen LogP contribution in [0.3, 0.4) is 0 Å². The Morgan fingerprint density at radius 1 is 0.793 bits per heavy atom. The van der Waals surface area contributed by atoms with Crippen LogP contribution in [0, 0.1) is 38.9 Å². The zero-order chi connectivity index (χ0) is 21.0. The maximum atomic E-state index is 2.66. The average Bonchev–Trinajstić information content (AvgIpc) is 2.89. The Kier molecular flexibility index (Phi) is 3.59. The van der Waals surface area contributed by atoms with E-state index in [1.807, 2.05) is 0 Å².